The van der Waals surface area contributed by atoms with Crippen molar-refractivity contribution in [3.05, 3.63) is 29.3 Å². The van der Waals surface area contributed by atoms with E-state index < -0.39 is 24.0 Å². The first-order valence-electron chi connectivity index (χ1n) is 11.5. The van der Waals surface area contributed by atoms with Crippen LogP contribution in [0.1, 0.15) is 30.9 Å². The fourth-order valence-electron chi connectivity index (χ4n) is 5.11. The molecular formula is C23H23F3N4O5S. The van der Waals surface area contributed by atoms with Gasteiger partial charge in [0, 0.05) is 37.3 Å². The van der Waals surface area contributed by atoms with Crippen LogP contribution in [-0.4, -0.2) is 76.7 Å². The van der Waals surface area contributed by atoms with Gasteiger partial charge < -0.3 is 23.9 Å². The Hall–Kier alpha value is -2.90. The summed E-state index contributed by atoms with van der Waals surface area (Å²) < 4.78 is 59.6. The number of carboxylic acid groups (broad SMARTS) is 1. The van der Waals surface area contributed by atoms with Gasteiger partial charge in [-0.2, -0.15) is 18.2 Å². The fraction of sp³-hybridized carbons (Fsp3) is 0.522. The summed E-state index contributed by atoms with van der Waals surface area (Å²) in [5.74, 6) is 0. The van der Waals surface area contributed by atoms with Crippen molar-refractivity contribution in [1.29, 1.82) is 0 Å². The van der Waals surface area contributed by atoms with E-state index in [-0.39, 0.29) is 41.4 Å². The largest absolute Gasteiger partial charge is 0.465 e. The number of thiazole rings is 1. The van der Waals surface area contributed by atoms with Crippen LogP contribution in [0, 0.1) is 0 Å². The summed E-state index contributed by atoms with van der Waals surface area (Å²) in [7, 11) is 1.47. The number of aromatic nitrogens is 2. The van der Waals surface area contributed by atoms with Gasteiger partial charge in [-0.05, 0) is 25.3 Å². The van der Waals surface area contributed by atoms with E-state index in [4.69, 9.17) is 13.9 Å². The van der Waals surface area contributed by atoms with Gasteiger partial charge in [0.1, 0.15) is 10.5 Å². The lowest BCUT2D eigenvalue weighted by molar-refractivity contribution is -0.231. The van der Waals surface area contributed by atoms with Crippen LogP contribution in [0.5, 0.6) is 0 Å². The predicted molar refractivity (Wildman–Crippen MR) is 123 cm³/mol. The maximum Gasteiger partial charge on any atom is 0.418 e. The molecule has 13 heteroatoms. The highest BCUT2D eigenvalue weighted by molar-refractivity contribution is 7.13. The number of halogens is 3. The Bertz CT molecular complexity index is 1280. The van der Waals surface area contributed by atoms with Gasteiger partial charge >= 0.3 is 12.3 Å². The average molecular weight is 525 g/mol. The second kappa shape index (κ2) is 8.32. The summed E-state index contributed by atoms with van der Waals surface area (Å²) in [5.41, 5.74) is -0.0417. The van der Waals surface area contributed by atoms with Gasteiger partial charge in [-0.3, -0.25) is 4.90 Å². The van der Waals surface area contributed by atoms with Crippen molar-refractivity contribution >= 4 is 34.5 Å². The first-order chi connectivity index (χ1) is 17.2. The van der Waals surface area contributed by atoms with Gasteiger partial charge in [-0.1, -0.05) is 6.07 Å². The summed E-state index contributed by atoms with van der Waals surface area (Å²) in [6.07, 6.45) is -4.24. The number of anilines is 1. The van der Waals surface area contributed by atoms with E-state index in [1.165, 1.54) is 29.4 Å². The molecule has 9 nitrogen and oxygen atoms in total. The highest BCUT2D eigenvalue weighted by Gasteiger charge is 2.50. The van der Waals surface area contributed by atoms with Gasteiger partial charge in [-0.25, -0.2) is 9.78 Å². The minimum Gasteiger partial charge on any atom is -0.465 e. The van der Waals surface area contributed by atoms with Gasteiger partial charge in [0.15, 0.2) is 11.7 Å². The molecule has 1 aromatic carbocycles. The molecule has 3 saturated heterocycles. The Morgan fingerprint density at radius 3 is 2.67 bits per heavy atom. The third-order valence-electron chi connectivity index (χ3n) is 7.24. The predicted octanol–water partition coefficient (Wildman–Crippen LogP) is 4.69. The molecular weight excluding hydrogens is 501 g/mol. The molecule has 3 aromatic rings. The quantitative estimate of drug-likeness (QED) is 0.475. The number of ether oxygens (including phenoxy) is 2. The number of hydrogen-bond donors (Lipinski definition) is 1. The molecule has 1 aliphatic carbocycles. The lowest BCUT2D eigenvalue weighted by Crippen LogP contribution is -2.70. The normalized spacial score (nSPS) is 23.6. The number of benzene rings is 1. The summed E-state index contributed by atoms with van der Waals surface area (Å²) in [5, 5.41) is 11.8. The zero-order valence-corrected chi connectivity index (χ0v) is 20.0. The van der Waals surface area contributed by atoms with E-state index in [1.807, 2.05) is 0 Å². The molecule has 0 spiro atoms. The molecule has 0 radical (unpaired) electrons. The first kappa shape index (κ1) is 23.5. The van der Waals surface area contributed by atoms with Crippen LogP contribution in [0.25, 0.3) is 21.7 Å². The Labute approximate surface area is 207 Å². The van der Waals surface area contributed by atoms with Crippen molar-refractivity contribution < 1.29 is 37.0 Å². The van der Waals surface area contributed by atoms with Gasteiger partial charge in [0.05, 0.1) is 29.9 Å². The minimum absolute atomic E-state index is 0.0524. The number of rotatable bonds is 7. The van der Waals surface area contributed by atoms with Crippen molar-refractivity contribution in [2.24, 2.45) is 0 Å². The third-order valence-corrected chi connectivity index (χ3v) is 8.05. The molecule has 2 bridgehead atoms. The number of methoxy groups -OCH3 is 1. The molecule has 1 saturated carbocycles. The smallest absolute Gasteiger partial charge is 0.418 e. The van der Waals surface area contributed by atoms with E-state index in [0.29, 0.717) is 36.5 Å². The topological polar surface area (TPSA) is 101 Å². The molecule has 192 valence electrons. The number of amides is 1. The lowest BCUT2D eigenvalue weighted by Gasteiger charge is -2.54. The number of oxazole rings is 1. The van der Waals surface area contributed by atoms with Crippen LogP contribution < -0.4 is 4.90 Å². The second-order valence-corrected chi connectivity index (χ2v) is 10.4. The summed E-state index contributed by atoms with van der Waals surface area (Å²) in [6.45, 7) is 0.523. The molecule has 1 N–H and O–H groups in total. The van der Waals surface area contributed by atoms with Crippen LogP contribution in [0.3, 0.4) is 0 Å². The average Bonchev–Trinajstić information content (AvgIpc) is 3.20. The standard InChI is InChI=1S/C23H23F3N4O5S/c1-33-22(4-5-22)11-34-18(23(24,25)26)14-2-3-15(19-27-6-7-36-19)17-16(14)28-20(35-17)29-9-12-8-13(10-29)30(12)21(31)32/h2-3,6-7,12-13,18H,4-5,8-11H2,1H3,(H,31,32). The lowest BCUT2D eigenvalue weighted by atomic mass is 9.88. The van der Waals surface area contributed by atoms with E-state index >= 15 is 0 Å². The number of carbonyl (C=O) groups is 1. The molecule has 2 aromatic heterocycles. The molecule has 1 amide bonds. The summed E-state index contributed by atoms with van der Waals surface area (Å²) in [6, 6.07) is 2.67. The summed E-state index contributed by atoms with van der Waals surface area (Å²) >= 11 is 1.34. The molecule has 3 atom stereocenters. The second-order valence-electron chi connectivity index (χ2n) is 9.47. The Morgan fingerprint density at radius 2 is 2.08 bits per heavy atom. The van der Waals surface area contributed by atoms with Gasteiger partial charge in [0.25, 0.3) is 6.01 Å². The molecule has 4 aliphatic rings. The molecule has 3 aliphatic heterocycles. The van der Waals surface area contributed by atoms with Crippen LogP contribution in [-0.2, 0) is 9.47 Å². The van der Waals surface area contributed by atoms with Crippen LogP contribution in [0.15, 0.2) is 28.1 Å². The van der Waals surface area contributed by atoms with Gasteiger partial charge in [0.2, 0.25) is 0 Å². The highest BCUT2D eigenvalue weighted by atomic mass is 32.1. The maximum atomic E-state index is 14.2. The van der Waals surface area contributed by atoms with Crippen molar-refractivity contribution in [2.75, 3.05) is 31.7 Å². The van der Waals surface area contributed by atoms with Crippen LogP contribution in [0.4, 0.5) is 24.0 Å². The Kier molecular flexibility index (Phi) is 5.43. The summed E-state index contributed by atoms with van der Waals surface area (Å²) in [4.78, 5) is 23.5. The monoisotopic (exact) mass is 524 g/mol. The SMILES string of the molecule is COC1(COC(c2ccc(-c3nccs3)c3oc(N4CC5CC(C4)N5C(=O)O)nc23)C(F)(F)F)CC1. The van der Waals surface area contributed by atoms with Crippen molar-refractivity contribution in [2.45, 2.75) is 49.2 Å². The molecule has 5 heterocycles. The molecule has 7 rings (SSSR count). The zero-order valence-electron chi connectivity index (χ0n) is 19.2. The molecule has 3 unspecified atom stereocenters. The van der Waals surface area contributed by atoms with Crippen LogP contribution in [0.2, 0.25) is 0 Å². The van der Waals surface area contributed by atoms with Gasteiger partial charge in [-0.15, -0.1) is 11.3 Å². The number of piperazine rings is 1. The highest BCUT2D eigenvalue weighted by Crippen LogP contribution is 2.46. The van der Waals surface area contributed by atoms with E-state index in [1.54, 1.807) is 22.5 Å². The van der Waals surface area contributed by atoms with E-state index in [2.05, 4.69) is 9.97 Å². The number of hydrogen-bond acceptors (Lipinski definition) is 8. The van der Waals surface area contributed by atoms with Crippen molar-refractivity contribution in [3.8, 4) is 10.6 Å². The number of alkyl halides is 3. The van der Waals surface area contributed by atoms with E-state index in [9.17, 15) is 23.1 Å². The van der Waals surface area contributed by atoms with Crippen LogP contribution >= 0.6 is 11.3 Å². The minimum atomic E-state index is -4.69. The zero-order chi connectivity index (χ0) is 25.2. The molecule has 4 fully saturated rings. The maximum absolute atomic E-state index is 14.2. The number of nitrogens with zero attached hydrogens (tertiary/aromatic N) is 4. The van der Waals surface area contributed by atoms with E-state index in [0.717, 1.165) is 6.42 Å². The first-order valence-corrected chi connectivity index (χ1v) is 12.4. The molecule has 36 heavy (non-hydrogen) atoms. The Balaban J connectivity index is 1.40. The number of piperidine rings is 1. The Morgan fingerprint density at radius 1 is 1.33 bits per heavy atom. The van der Waals surface area contributed by atoms with Crippen molar-refractivity contribution in [1.82, 2.24) is 14.9 Å². The van der Waals surface area contributed by atoms with Crippen molar-refractivity contribution in [3.63, 3.8) is 0 Å². The fourth-order valence-corrected chi connectivity index (χ4v) is 5.77. The number of fused-ring (bicyclic) bond motifs is 3. The third kappa shape index (κ3) is 3.89.